The van der Waals surface area contributed by atoms with E-state index < -0.39 is 35.5 Å². The summed E-state index contributed by atoms with van der Waals surface area (Å²) in [6.07, 6.45) is 2.09. The number of carbonyl (C=O) groups excluding carboxylic acids is 6. The molecule has 0 spiro atoms. The van der Waals surface area contributed by atoms with Crippen molar-refractivity contribution in [2.75, 3.05) is 42.9 Å². The van der Waals surface area contributed by atoms with Gasteiger partial charge in [0.1, 0.15) is 11.9 Å². The molecule has 5 aliphatic rings. The van der Waals surface area contributed by atoms with Gasteiger partial charge in [0.05, 0.1) is 22.3 Å². The molecule has 2 unspecified atom stereocenters. The molecule has 2 aromatic carbocycles. The van der Waals surface area contributed by atoms with Crippen molar-refractivity contribution in [2.45, 2.75) is 58.0 Å². The first kappa shape index (κ1) is 33.5. The van der Waals surface area contributed by atoms with Gasteiger partial charge < -0.3 is 20.5 Å². The van der Waals surface area contributed by atoms with Crippen LogP contribution in [0.2, 0.25) is 0 Å². The van der Waals surface area contributed by atoms with Crippen molar-refractivity contribution in [1.82, 2.24) is 25.4 Å². The maximum absolute atomic E-state index is 14.1. The lowest BCUT2D eigenvalue weighted by atomic mass is 9.99. The summed E-state index contributed by atoms with van der Waals surface area (Å²) in [4.78, 5) is 85.6. The van der Waals surface area contributed by atoms with E-state index in [0.717, 1.165) is 59.2 Å². The zero-order valence-corrected chi connectivity index (χ0v) is 28.9. The number of nitrogens with zero attached hydrogens (tertiary/aromatic N) is 3. The normalized spacial score (nSPS) is 22.0. The van der Waals surface area contributed by atoms with Crippen LogP contribution < -0.4 is 20.9 Å². The van der Waals surface area contributed by atoms with Crippen molar-refractivity contribution >= 4 is 58.0 Å². The number of aryl methyl sites for hydroxylation is 1. The van der Waals surface area contributed by atoms with Crippen LogP contribution in [-0.4, -0.2) is 95.0 Å². The van der Waals surface area contributed by atoms with E-state index in [1.54, 1.807) is 18.2 Å². The van der Waals surface area contributed by atoms with Gasteiger partial charge in [0.15, 0.2) is 0 Å². The largest absolute Gasteiger partial charge is 0.369 e. The van der Waals surface area contributed by atoms with Gasteiger partial charge in [-0.05, 0) is 87.1 Å². The van der Waals surface area contributed by atoms with Crippen LogP contribution in [-0.2, 0) is 20.8 Å². The van der Waals surface area contributed by atoms with Gasteiger partial charge >= 0.3 is 0 Å². The quantitative estimate of drug-likeness (QED) is 0.215. The standard InChI is InChI=1S/C38H38FN7O6/c1-19(40-35(49)31-20(2)41-33-24(31)6-7-25(33)32-27-17-21(39)3-8-28(27)42-36(32)50)11-12-44-13-15-45(16-14-44)22-4-5-23-26(18-22)38(52)46(37(23)51)29-9-10-30(47)43-34(29)48/h3-5,8,17-19,29,41H,6-7,9-16H2,1-2H3,(H,40,49)(H,42,50)(H,43,47,48)/b32-25-. The summed E-state index contributed by atoms with van der Waals surface area (Å²) in [5.41, 5.74) is 6.67. The predicted octanol–water partition coefficient (Wildman–Crippen LogP) is 3.00. The van der Waals surface area contributed by atoms with Crippen LogP contribution in [0.4, 0.5) is 15.8 Å². The number of allylic oxidation sites excluding steroid dienone is 1. The summed E-state index contributed by atoms with van der Waals surface area (Å²) < 4.78 is 14.1. The molecule has 13 nitrogen and oxygen atoms in total. The van der Waals surface area contributed by atoms with Crippen LogP contribution in [0.15, 0.2) is 36.4 Å². The molecule has 0 radical (unpaired) electrons. The topological polar surface area (TPSA) is 164 Å². The number of piperazine rings is 1. The number of hydrogen-bond acceptors (Lipinski definition) is 8. The van der Waals surface area contributed by atoms with Gasteiger partial charge in [-0.15, -0.1) is 0 Å². The predicted molar refractivity (Wildman–Crippen MR) is 189 cm³/mol. The number of rotatable bonds is 7. The Balaban J connectivity index is 0.862. The average molecular weight is 708 g/mol. The van der Waals surface area contributed by atoms with E-state index in [-0.39, 0.29) is 41.8 Å². The molecule has 0 bridgehead atoms. The SMILES string of the molecule is Cc1[nH]c2c(c1C(=O)NC(C)CCN1CCN(c3ccc4c(c3)C(=O)N(C3CCC(=O)NC3=O)C4=O)CC1)CC/C2=C1/C(=O)Nc2ccc(F)cc21. The zero-order valence-electron chi connectivity index (χ0n) is 28.9. The third-order valence-electron chi connectivity index (χ3n) is 10.9. The summed E-state index contributed by atoms with van der Waals surface area (Å²) >= 11 is 0. The highest BCUT2D eigenvalue weighted by atomic mass is 19.1. The minimum Gasteiger partial charge on any atom is -0.369 e. The number of aromatic nitrogens is 1. The van der Waals surface area contributed by atoms with Crippen molar-refractivity contribution in [3.05, 3.63) is 81.4 Å². The first-order chi connectivity index (χ1) is 25.0. The maximum atomic E-state index is 14.1. The number of nitrogens with one attached hydrogen (secondary N) is 4. The first-order valence-corrected chi connectivity index (χ1v) is 17.7. The van der Waals surface area contributed by atoms with E-state index in [1.165, 1.54) is 12.1 Å². The average Bonchev–Trinajstić information content (AvgIpc) is 3.82. The van der Waals surface area contributed by atoms with E-state index in [9.17, 15) is 33.2 Å². The maximum Gasteiger partial charge on any atom is 0.262 e. The number of imide groups is 2. The Bertz CT molecular complexity index is 2130. The summed E-state index contributed by atoms with van der Waals surface area (Å²) in [5.74, 6) is -2.93. The Morgan fingerprint density at radius 3 is 2.46 bits per heavy atom. The molecular formula is C38H38FN7O6. The van der Waals surface area contributed by atoms with Gasteiger partial charge in [0.2, 0.25) is 11.8 Å². The number of H-pyrrole nitrogens is 1. The van der Waals surface area contributed by atoms with E-state index in [4.69, 9.17) is 0 Å². The molecule has 8 rings (SSSR count). The Kier molecular flexibility index (Phi) is 8.28. The number of fused-ring (bicyclic) bond motifs is 3. The highest BCUT2D eigenvalue weighted by Crippen LogP contribution is 2.44. The number of amides is 6. The summed E-state index contributed by atoms with van der Waals surface area (Å²) in [5, 5.41) is 8.20. The van der Waals surface area contributed by atoms with Crippen molar-refractivity contribution in [1.29, 1.82) is 0 Å². The second-order valence-corrected chi connectivity index (χ2v) is 14.1. The number of anilines is 2. The van der Waals surface area contributed by atoms with Gasteiger partial charge in [-0.1, -0.05) is 0 Å². The first-order valence-electron chi connectivity index (χ1n) is 17.7. The number of carbonyl (C=O) groups is 6. The lowest BCUT2D eigenvalue weighted by molar-refractivity contribution is -0.136. The summed E-state index contributed by atoms with van der Waals surface area (Å²) in [6.45, 7) is 7.58. The van der Waals surface area contributed by atoms with Crippen molar-refractivity contribution < 1.29 is 33.2 Å². The van der Waals surface area contributed by atoms with E-state index in [2.05, 4.69) is 30.7 Å². The number of halogens is 1. The Morgan fingerprint density at radius 1 is 0.923 bits per heavy atom. The molecule has 2 saturated heterocycles. The van der Waals surface area contributed by atoms with Crippen LogP contribution in [0.5, 0.6) is 0 Å². The molecule has 52 heavy (non-hydrogen) atoms. The second-order valence-electron chi connectivity index (χ2n) is 14.1. The second kappa shape index (κ2) is 12.9. The van der Waals surface area contributed by atoms with E-state index in [1.807, 2.05) is 19.9 Å². The molecule has 3 aromatic rings. The van der Waals surface area contributed by atoms with Crippen LogP contribution in [0.1, 0.15) is 86.2 Å². The molecule has 1 aliphatic carbocycles. The number of hydrogen-bond donors (Lipinski definition) is 4. The van der Waals surface area contributed by atoms with Gasteiger partial charge in [-0.2, -0.15) is 0 Å². The van der Waals surface area contributed by atoms with Crippen LogP contribution in [0, 0.1) is 12.7 Å². The fraction of sp³-hybridized carbons (Fsp3) is 0.368. The minimum atomic E-state index is -0.999. The third-order valence-corrected chi connectivity index (χ3v) is 10.9. The van der Waals surface area contributed by atoms with Gasteiger partial charge in [-0.25, -0.2) is 4.39 Å². The lowest BCUT2D eigenvalue weighted by Gasteiger charge is -2.36. The van der Waals surface area contributed by atoms with Gasteiger partial charge in [-0.3, -0.25) is 43.9 Å². The summed E-state index contributed by atoms with van der Waals surface area (Å²) in [6, 6.07) is 8.34. The number of benzene rings is 2. The molecule has 14 heteroatoms. The Morgan fingerprint density at radius 2 is 1.69 bits per heavy atom. The molecule has 2 atom stereocenters. The number of piperidine rings is 1. The zero-order chi connectivity index (χ0) is 36.4. The Labute approximate surface area is 298 Å². The van der Waals surface area contributed by atoms with Crippen molar-refractivity contribution in [3.63, 3.8) is 0 Å². The molecule has 0 saturated carbocycles. The van der Waals surface area contributed by atoms with Crippen LogP contribution >= 0.6 is 0 Å². The summed E-state index contributed by atoms with van der Waals surface area (Å²) in [7, 11) is 0. The molecule has 5 heterocycles. The highest BCUT2D eigenvalue weighted by Gasteiger charge is 2.45. The molecule has 4 aliphatic heterocycles. The monoisotopic (exact) mass is 707 g/mol. The minimum absolute atomic E-state index is 0.0709. The molecule has 4 N–H and O–H groups in total. The highest BCUT2D eigenvalue weighted by molar-refractivity contribution is 6.37. The molecule has 268 valence electrons. The lowest BCUT2D eigenvalue weighted by Crippen LogP contribution is -2.54. The molecular weight excluding hydrogens is 669 g/mol. The number of aromatic amines is 1. The molecule has 2 fully saturated rings. The van der Waals surface area contributed by atoms with E-state index in [0.29, 0.717) is 48.3 Å². The smallest absolute Gasteiger partial charge is 0.262 e. The van der Waals surface area contributed by atoms with Crippen LogP contribution in [0.25, 0.3) is 11.1 Å². The van der Waals surface area contributed by atoms with Crippen molar-refractivity contribution in [3.8, 4) is 0 Å². The van der Waals surface area contributed by atoms with Crippen molar-refractivity contribution in [2.24, 2.45) is 0 Å². The Hall–Kier alpha value is -5.63. The molecule has 6 amide bonds. The van der Waals surface area contributed by atoms with E-state index >= 15 is 0 Å². The third kappa shape index (κ3) is 5.67. The fourth-order valence-corrected chi connectivity index (χ4v) is 8.19. The van der Waals surface area contributed by atoms with Crippen LogP contribution in [0.3, 0.4) is 0 Å². The van der Waals surface area contributed by atoms with Gasteiger partial charge in [0.25, 0.3) is 23.6 Å². The van der Waals surface area contributed by atoms with Gasteiger partial charge in [0, 0.05) is 73.5 Å². The fourth-order valence-electron chi connectivity index (χ4n) is 8.19. The molecule has 1 aromatic heterocycles.